The number of carbonyl (C=O) groups excluding carboxylic acids is 1. The number of carbonyl (C=O) groups is 1. The molecule has 4 nitrogen and oxygen atoms in total. The fourth-order valence-corrected chi connectivity index (χ4v) is 3.27. The number of benzene rings is 1. The van der Waals surface area contributed by atoms with Gasteiger partial charge in [-0.1, -0.05) is 0 Å². The number of anilines is 1. The molecule has 0 unspecified atom stereocenters. The van der Waals surface area contributed by atoms with Gasteiger partial charge in [-0.05, 0) is 50.3 Å². The van der Waals surface area contributed by atoms with Gasteiger partial charge in [0.1, 0.15) is 11.6 Å². The summed E-state index contributed by atoms with van der Waals surface area (Å²) in [6.07, 6.45) is 3.06. The van der Waals surface area contributed by atoms with Crippen molar-refractivity contribution in [1.82, 2.24) is 4.90 Å². The predicted octanol–water partition coefficient (Wildman–Crippen LogP) is 3.83. The van der Waals surface area contributed by atoms with E-state index in [1.807, 2.05) is 13.8 Å². The smallest absolute Gasteiger partial charge is 0.321 e. The van der Waals surface area contributed by atoms with Crippen LogP contribution in [0, 0.1) is 11.7 Å². The molecule has 1 fully saturated rings. The Kier molecular flexibility index (Phi) is 5.94. The molecule has 0 spiro atoms. The van der Waals surface area contributed by atoms with E-state index < -0.39 is 5.82 Å². The molecule has 1 aliphatic rings. The third kappa shape index (κ3) is 4.53. The first-order chi connectivity index (χ1) is 10.5. The monoisotopic (exact) mass is 326 g/mol. The van der Waals surface area contributed by atoms with Crippen LogP contribution in [0.3, 0.4) is 0 Å². The molecule has 1 aliphatic heterocycles. The Labute approximate surface area is 135 Å². The summed E-state index contributed by atoms with van der Waals surface area (Å²) in [5.74, 6) is 1.57. The number of ether oxygens (including phenoxy) is 1. The van der Waals surface area contributed by atoms with E-state index in [2.05, 4.69) is 11.6 Å². The number of urea groups is 1. The van der Waals surface area contributed by atoms with Gasteiger partial charge < -0.3 is 15.0 Å². The number of rotatable bonds is 5. The molecule has 0 aliphatic carbocycles. The van der Waals surface area contributed by atoms with Crippen LogP contribution in [0.5, 0.6) is 5.75 Å². The first-order valence-corrected chi connectivity index (χ1v) is 8.90. The van der Waals surface area contributed by atoms with Crippen molar-refractivity contribution < 1.29 is 13.9 Å². The van der Waals surface area contributed by atoms with Crippen LogP contribution in [-0.4, -0.2) is 42.1 Å². The summed E-state index contributed by atoms with van der Waals surface area (Å²) in [6, 6.07) is 4.27. The molecule has 22 heavy (non-hydrogen) atoms. The van der Waals surface area contributed by atoms with Crippen LogP contribution in [0.25, 0.3) is 0 Å². The van der Waals surface area contributed by atoms with Crippen molar-refractivity contribution in [2.24, 2.45) is 5.92 Å². The third-order valence-corrected chi connectivity index (χ3v) is 4.33. The van der Waals surface area contributed by atoms with Gasteiger partial charge in [-0.25, -0.2) is 9.18 Å². The quantitative estimate of drug-likeness (QED) is 0.894. The summed E-state index contributed by atoms with van der Waals surface area (Å²) in [6.45, 7) is 5.23. The maximum atomic E-state index is 14.0. The zero-order valence-corrected chi connectivity index (χ0v) is 14.1. The van der Waals surface area contributed by atoms with E-state index in [0.29, 0.717) is 11.7 Å². The number of halogens is 1. The average Bonchev–Trinajstić information content (AvgIpc) is 2.90. The van der Waals surface area contributed by atoms with Crippen molar-refractivity contribution in [3.05, 3.63) is 24.0 Å². The maximum Gasteiger partial charge on any atom is 0.321 e. The number of amides is 2. The lowest BCUT2D eigenvalue weighted by Crippen LogP contribution is -2.33. The Morgan fingerprint density at radius 1 is 1.55 bits per heavy atom. The Morgan fingerprint density at radius 2 is 2.32 bits per heavy atom. The van der Waals surface area contributed by atoms with Crippen LogP contribution in [0.2, 0.25) is 0 Å². The minimum atomic E-state index is -0.480. The lowest BCUT2D eigenvalue weighted by Gasteiger charge is -2.18. The number of likely N-dealkylation sites (tertiary alicyclic amines) is 1. The molecule has 0 bridgehead atoms. The second-order valence-corrected chi connectivity index (χ2v) is 6.71. The first-order valence-electron chi connectivity index (χ1n) is 7.50. The fourth-order valence-electron chi connectivity index (χ4n) is 2.53. The molecule has 1 saturated heterocycles. The van der Waals surface area contributed by atoms with Crippen molar-refractivity contribution in [2.75, 3.05) is 30.4 Å². The molecule has 122 valence electrons. The van der Waals surface area contributed by atoms with E-state index in [1.165, 1.54) is 6.07 Å². The Bertz CT molecular complexity index is 525. The summed E-state index contributed by atoms with van der Waals surface area (Å²) in [5, 5.41) is 2.64. The van der Waals surface area contributed by atoms with Crippen LogP contribution in [0.15, 0.2) is 18.2 Å². The largest absolute Gasteiger partial charge is 0.491 e. The van der Waals surface area contributed by atoms with Crippen LogP contribution in [0.4, 0.5) is 14.9 Å². The van der Waals surface area contributed by atoms with Crippen molar-refractivity contribution in [3.63, 3.8) is 0 Å². The molecule has 0 aromatic heterocycles. The van der Waals surface area contributed by atoms with E-state index >= 15 is 0 Å². The van der Waals surface area contributed by atoms with E-state index in [9.17, 15) is 9.18 Å². The van der Waals surface area contributed by atoms with Gasteiger partial charge in [0.2, 0.25) is 0 Å². The first kappa shape index (κ1) is 16.9. The van der Waals surface area contributed by atoms with E-state index in [4.69, 9.17) is 4.74 Å². The van der Waals surface area contributed by atoms with Crippen molar-refractivity contribution in [1.29, 1.82) is 0 Å². The highest BCUT2D eigenvalue weighted by Crippen LogP contribution is 2.24. The topological polar surface area (TPSA) is 41.6 Å². The van der Waals surface area contributed by atoms with Crippen molar-refractivity contribution in [2.45, 2.75) is 26.4 Å². The highest BCUT2D eigenvalue weighted by molar-refractivity contribution is 7.98. The number of thioether (sulfide) groups is 1. The standard InChI is InChI=1S/C16H23FN2O2S/c1-11(2)21-13-4-5-15(14(17)8-13)18-16(20)19-7-6-12(9-19)10-22-3/h4-5,8,11-12H,6-7,9-10H2,1-3H3,(H,18,20)/t12-/m1/s1. The highest BCUT2D eigenvalue weighted by Gasteiger charge is 2.26. The van der Waals surface area contributed by atoms with Crippen LogP contribution in [0.1, 0.15) is 20.3 Å². The second-order valence-electron chi connectivity index (χ2n) is 5.79. The molecule has 0 radical (unpaired) electrons. The van der Waals surface area contributed by atoms with Gasteiger partial charge in [-0.3, -0.25) is 0 Å². The molecule has 6 heteroatoms. The summed E-state index contributed by atoms with van der Waals surface area (Å²) in [5.41, 5.74) is 0.189. The van der Waals surface area contributed by atoms with Gasteiger partial charge >= 0.3 is 6.03 Å². The summed E-state index contributed by atoms with van der Waals surface area (Å²) in [7, 11) is 0. The second kappa shape index (κ2) is 7.72. The van der Waals surface area contributed by atoms with Crippen LogP contribution in [-0.2, 0) is 0 Å². The third-order valence-electron chi connectivity index (χ3n) is 3.53. The molecule has 1 atom stereocenters. The predicted molar refractivity (Wildman–Crippen MR) is 89.2 cm³/mol. The van der Waals surface area contributed by atoms with Gasteiger partial charge in [-0.15, -0.1) is 0 Å². The van der Waals surface area contributed by atoms with Crippen LogP contribution >= 0.6 is 11.8 Å². The van der Waals surface area contributed by atoms with E-state index in [0.717, 1.165) is 25.3 Å². The van der Waals surface area contributed by atoms with E-state index in [-0.39, 0.29) is 17.8 Å². The van der Waals surface area contributed by atoms with Gasteiger partial charge in [0.15, 0.2) is 0 Å². The molecule has 1 aromatic rings. The lowest BCUT2D eigenvalue weighted by atomic mass is 10.2. The molecule has 1 N–H and O–H groups in total. The normalized spacial score (nSPS) is 17.9. The average molecular weight is 326 g/mol. The number of nitrogens with zero attached hydrogens (tertiary/aromatic N) is 1. The van der Waals surface area contributed by atoms with Gasteiger partial charge in [0, 0.05) is 19.2 Å². The molecule has 0 saturated carbocycles. The fraction of sp³-hybridized carbons (Fsp3) is 0.562. The van der Waals surface area contributed by atoms with Gasteiger partial charge in [0.05, 0.1) is 11.8 Å². The van der Waals surface area contributed by atoms with Crippen LogP contribution < -0.4 is 10.1 Å². The number of nitrogens with one attached hydrogen (secondary N) is 1. The molecular formula is C16H23FN2O2S. The van der Waals surface area contributed by atoms with Crippen molar-refractivity contribution >= 4 is 23.5 Å². The van der Waals surface area contributed by atoms with Crippen molar-refractivity contribution in [3.8, 4) is 5.75 Å². The summed E-state index contributed by atoms with van der Waals surface area (Å²) in [4.78, 5) is 13.9. The molecule has 1 aromatic carbocycles. The number of hydrogen-bond donors (Lipinski definition) is 1. The van der Waals surface area contributed by atoms with Gasteiger partial charge in [0.25, 0.3) is 0 Å². The Hall–Kier alpha value is -1.43. The minimum absolute atomic E-state index is 0.0159. The summed E-state index contributed by atoms with van der Waals surface area (Å²) < 4.78 is 19.5. The Morgan fingerprint density at radius 3 is 2.95 bits per heavy atom. The number of hydrogen-bond acceptors (Lipinski definition) is 3. The minimum Gasteiger partial charge on any atom is -0.491 e. The highest BCUT2D eigenvalue weighted by atomic mass is 32.2. The Balaban J connectivity index is 1.94. The molecule has 2 rings (SSSR count). The molecule has 1 heterocycles. The molecular weight excluding hydrogens is 303 g/mol. The maximum absolute atomic E-state index is 14.0. The zero-order chi connectivity index (χ0) is 16.1. The SMILES string of the molecule is CSC[C@@H]1CCN(C(=O)Nc2ccc(OC(C)C)cc2F)C1. The summed E-state index contributed by atoms with van der Waals surface area (Å²) >= 11 is 1.79. The lowest BCUT2D eigenvalue weighted by molar-refractivity contribution is 0.221. The zero-order valence-electron chi connectivity index (χ0n) is 13.3. The molecule has 2 amide bonds. The van der Waals surface area contributed by atoms with E-state index in [1.54, 1.807) is 28.8 Å². The van der Waals surface area contributed by atoms with Gasteiger partial charge in [-0.2, -0.15) is 11.8 Å².